The van der Waals surface area contributed by atoms with E-state index in [0.717, 1.165) is 27.6 Å². The number of hydrogen-bond donors (Lipinski definition) is 1. The second-order valence-corrected chi connectivity index (χ2v) is 10.5. The van der Waals surface area contributed by atoms with Crippen molar-refractivity contribution in [1.82, 2.24) is 14.9 Å². The van der Waals surface area contributed by atoms with E-state index >= 15 is 0 Å². The van der Waals surface area contributed by atoms with Crippen LogP contribution in [0.5, 0.6) is 0 Å². The number of anilines is 1. The number of aromatic nitrogens is 2. The highest BCUT2D eigenvalue weighted by Gasteiger charge is 2.34. The Morgan fingerprint density at radius 2 is 1.46 bits per heavy atom. The Balaban J connectivity index is 1.41. The Kier molecular flexibility index (Phi) is 7.96. The maximum atomic E-state index is 12.6. The quantitative estimate of drug-likeness (QED) is 0.243. The van der Waals surface area contributed by atoms with Crippen molar-refractivity contribution >= 4 is 45.8 Å². The Morgan fingerprint density at radius 3 is 2.03 bits per heavy atom. The molecule has 1 aliphatic heterocycles. The molecule has 1 fully saturated rings. The first-order valence-corrected chi connectivity index (χ1v) is 13.3. The molecule has 2 heterocycles. The van der Waals surface area contributed by atoms with Crippen LogP contribution in [0.1, 0.15) is 41.9 Å². The zero-order valence-electron chi connectivity index (χ0n) is 20.8. The predicted molar refractivity (Wildman–Crippen MR) is 147 cm³/mol. The first-order chi connectivity index (χ1) is 18.7. The molecule has 1 aromatic heterocycles. The molecule has 4 aromatic rings. The molecule has 0 unspecified atom stereocenters. The summed E-state index contributed by atoms with van der Waals surface area (Å²) in [5.41, 5.74) is 3.91. The second-order valence-electron chi connectivity index (χ2n) is 9.63. The van der Waals surface area contributed by atoms with Crippen molar-refractivity contribution in [2.45, 2.75) is 37.4 Å². The monoisotopic (exact) mass is 572 g/mol. The largest absolute Gasteiger partial charge is 0.397 e. The first-order valence-electron chi connectivity index (χ1n) is 12.5. The Hall–Kier alpha value is -3.36. The smallest absolute Gasteiger partial charge is 0.367 e. The van der Waals surface area contributed by atoms with Gasteiger partial charge in [-0.25, -0.2) is 9.97 Å². The molecule has 0 atom stereocenters. The average molecular weight is 573 g/mol. The number of carbonyl (C=O) groups is 1. The van der Waals surface area contributed by atoms with Crippen molar-refractivity contribution in [2.75, 3.05) is 18.4 Å². The summed E-state index contributed by atoms with van der Waals surface area (Å²) in [7, 11) is 0. The SMILES string of the molecule is O=C(CC(F)(F)F)N1CCC(Nc2ncnc3ccc(C(c4ccc(Cl)cc4)c4ccc(Cl)cc4)cc23)CC1. The van der Waals surface area contributed by atoms with Gasteiger partial charge in [0.25, 0.3) is 0 Å². The molecule has 0 bridgehead atoms. The second kappa shape index (κ2) is 11.4. The van der Waals surface area contributed by atoms with Crippen molar-refractivity contribution in [3.05, 3.63) is 99.8 Å². The summed E-state index contributed by atoms with van der Waals surface area (Å²) in [6.07, 6.45) is -3.39. The first kappa shape index (κ1) is 27.2. The molecule has 39 heavy (non-hydrogen) atoms. The number of amides is 1. The average Bonchev–Trinajstić information content (AvgIpc) is 2.91. The van der Waals surface area contributed by atoms with Gasteiger partial charge in [-0.2, -0.15) is 13.2 Å². The standard InChI is InChI=1S/C29H25Cl2F3N4O/c30-21-6-1-18(2-7-21)27(19-3-8-22(31)9-4-19)20-5-10-25-24(15-20)28(36-17-35-25)37-23-11-13-38(14-12-23)26(39)16-29(32,33)34/h1-10,15,17,23,27H,11-14,16H2,(H,35,36,37). The molecule has 202 valence electrons. The van der Waals surface area contributed by atoms with Crippen LogP contribution in [0.25, 0.3) is 10.9 Å². The third-order valence-corrected chi connectivity index (χ3v) is 7.44. The van der Waals surface area contributed by atoms with Crippen LogP contribution in [0.15, 0.2) is 73.1 Å². The molecule has 1 aliphatic rings. The number of halogens is 5. The fourth-order valence-corrected chi connectivity index (χ4v) is 5.26. The zero-order chi connectivity index (χ0) is 27.6. The van der Waals surface area contributed by atoms with E-state index in [2.05, 4.69) is 21.4 Å². The number of piperidine rings is 1. The van der Waals surface area contributed by atoms with Crippen LogP contribution in [0.4, 0.5) is 19.0 Å². The molecule has 0 radical (unpaired) electrons. The number of nitrogens with zero attached hydrogens (tertiary/aromatic N) is 3. The van der Waals surface area contributed by atoms with E-state index in [9.17, 15) is 18.0 Å². The number of carbonyl (C=O) groups excluding carboxylic acids is 1. The number of alkyl halides is 3. The molecule has 3 aromatic carbocycles. The molecule has 10 heteroatoms. The number of benzene rings is 3. The van der Waals surface area contributed by atoms with Crippen LogP contribution in [0.3, 0.4) is 0 Å². The maximum Gasteiger partial charge on any atom is 0.397 e. The minimum absolute atomic E-state index is 0.0370. The molecule has 1 N–H and O–H groups in total. The number of likely N-dealkylation sites (tertiary alicyclic amines) is 1. The van der Waals surface area contributed by atoms with Crippen LogP contribution >= 0.6 is 23.2 Å². The van der Waals surface area contributed by atoms with Crippen LogP contribution in [-0.2, 0) is 4.79 Å². The van der Waals surface area contributed by atoms with Gasteiger partial charge in [0.15, 0.2) is 0 Å². The Labute approximate surface area is 234 Å². The molecular weight excluding hydrogens is 548 g/mol. The van der Waals surface area contributed by atoms with Gasteiger partial charge in [-0.05, 0) is 65.9 Å². The summed E-state index contributed by atoms with van der Waals surface area (Å²) in [5, 5.41) is 5.58. The highest BCUT2D eigenvalue weighted by Crippen LogP contribution is 2.36. The van der Waals surface area contributed by atoms with Gasteiger partial charge in [-0.1, -0.05) is 53.5 Å². The van der Waals surface area contributed by atoms with E-state index in [1.807, 2.05) is 60.7 Å². The van der Waals surface area contributed by atoms with Crippen LogP contribution in [-0.4, -0.2) is 46.1 Å². The number of fused-ring (bicyclic) bond motifs is 1. The van der Waals surface area contributed by atoms with E-state index in [1.165, 1.54) is 11.2 Å². The fourth-order valence-electron chi connectivity index (χ4n) is 5.01. The molecular formula is C29H25Cl2F3N4O. The van der Waals surface area contributed by atoms with E-state index in [4.69, 9.17) is 23.2 Å². The van der Waals surface area contributed by atoms with Gasteiger partial charge in [0.05, 0.1) is 5.52 Å². The molecule has 5 rings (SSSR count). The lowest BCUT2D eigenvalue weighted by atomic mass is 9.84. The third-order valence-electron chi connectivity index (χ3n) is 6.94. The van der Waals surface area contributed by atoms with Gasteiger partial charge in [-0.3, -0.25) is 4.79 Å². The molecule has 1 saturated heterocycles. The highest BCUT2D eigenvalue weighted by atomic mass is 35.5. The van der Waals surface area contributed by atoms with Gasteiger partial charge < -0.3 is 10.2 Å². The minimum Gasteiger partial charge on any atom is -0.367 e. The summed E-state index contributed by atoms with van der Waals surface area (Å²) >= 11 is 12.3. The molecule has 0 aliphatic carbocycles. The molecule has 0 spiro atoms. The normalized spacial score (nSPS) is 14.7. The summed E-state index contributed by atoms with van der Waals surface area (Å²) in [5.74, 6) is -0.332. The molecule has 5 nitrogen and oxygen atoms in total. The summed E-state index contributed by atoms with van der Waals surface area (Å²) in [6, 6.07) is 21.5. The third kappa shape index (κ3) is 6.62. The Morgan fingerprint density at radius 1 is 0.897 bits per heavy atom. The lowest BCUT2D eigenvalue weighted by molar-refractivity contribution is -0.162. The Bertz CT molecular complexity index is 1410. The van der Waals surface area contributed by atoms with Crippen molar-refractivity contribution in [3.8, 4) is 0 Å². The molecule has 0 saturated carbocycles. The van der Waals surface area contributed by atoms with Crippen molar-refractivity contribution in [2.24, 2.45) is 0 Å². The number of nitrogens with one attached hydrogen (secondary N) is 1. The summed E-state index contributed by atoms with van der Waals surface area (Å²) in [6.45, 7) is 0.520. The summed E-state index contributed by atoms with van der Waals surface area (Å²) in [4.78, 5) is 22.2. The topological polar surface area (TPSA) is 58.1 Å². The lowest BCUT2D eigenvalue weighted by Crippen LogP contribution is -2.43. The van der Waals surface area contributed by atoms with Gasteiger partial charge in [0.2, 0.25) is 5.91 Å². The number of hydrogen-bond acceptors (Lipinski definition) is 4. The zero-order valence-corrected chi connectivity index (χ0v) is 22.3. The van der Waals surface area contributed by atoms with Crippen LogP contribution in [0.2, 0.25) is 10.0 Å². The fraction of sp³-hybridized carbons (Fsp3) is 0.276. The van der Waals surface area contributed by atoms with Gasteiger partial charge in [-0.15, -0.1) is 0 Å². The maximum absolute atomic E-state index is 12.6. The van der Waals surface area contributed by atoms with Crippen molar-refractivity contribution in [1.29, 1.82) is 0 Å². The predicted octanol–water partition coefficient (Wildman–Crippen LogP) is 7.47. The van der Waals surface area contributed by atoms with Gasteiger partial charge in [0, 0.05) is 40.5 Å². The van der Waals surface area contributed by atoms with E-state index in [1.54, 1.807) is 0 Å². The van der Waals surface area contributed by atoms with Crippen molar-refractivity contribution in [3.63, 3.8) is 0 Å². The van der Waals surface area contributed by atoms with Gasteiger partial charge in [0.1, 0.15) is 18.6 Å². The van der Waals surface area contributed by atoms with Crippen LogP contribution in [0, 0.1) is 0 Å². The highest BCUT2D eigenvalue weighted by molar-refractivity contribution is 6.30. The van der Waals surface area contributed by atoms with Crippen LogP contribution < -0.4 is 5.32 Å². The molecule has 1 amide bonds. The minimum atomic E-state index is -4.50. The lowest BCUT2D eigenvalue weighted by Gasteiger charge is -2.33. The van der Waals surface area contributed by atoms with Gasteiger partial charge >= 0.3 is 6.18 Å². The van der Waals surface area contributed by atoms with E-state index in [-0.39, 0.29) is 25.0 Å². The van der Waals surface area contributed by atoms with E-state index < -0.39 is 18.5 Å². The van der Waals surface area contributed by atoms with Crippen molar-refractivity contribution < 1.29 is 18.0 Å². The van der Waals surface area contributed by atoms with E-state index in [0.29, 0.717) is 28.7 Å². The number of rotatable bonds is 6. The summed E-state index contributed by atoms with van der Waals surface area (Å²) < 4.78 is 37.9.